The molecule has 1 N–H and O–H groups in total. The number of ether oxygens (including phenoxy) is 4. The molecule has 0 amide bonds. The van der Waals surface area contributed by atoms with Crippen LogP contribution in [0.15, 0.2) is 42.5 Å². The summed E-state index contributed by atoms with van der Waals surface area (Å²) < 4.78 is 23.2. The molecule has 2 heterocycles. The third kappa shape index (κ3) is 4.73. The Bertz CT molecular complexity index is 748. The van der Waals surface area contributed by atoms with Gasteiger partial charge in [-0.05, 0) is 61.6 Å². The smallest absolute Gasteiger partial charge is 0.199 e. The summed E-state index contributed by atoms with van der Waals surface area (Å²) in [6.45, 7) is 1.48. The van der Waals surface area contributed by atoms with E-state index in [1.165, 1.54) is 0 Å². The zero-order chi connectivity index (χ0) is 18.5. The van der Waals surface area contributed by atoms with Gasteiger partial charge in [0.1, 0.15) is 17.2 Å². The summed E-state index contributed by atoms with van der Waals surface area (Å²) in [6.07, 6.45) is 5.78. The molecule has 0 bridgehead atoms. The first-order chi connectivity index (χ1) is 13.3. The van der Waals surface area contributed by atoms with Crippen molar-refractivity contribution in [3.63, 3.8) is 0 Å². The number of phenolic OH excluding ortho intramolecular Hbond substituents is 1. The molecule has 0 aromatic heterocycles. The van der Waals surface area contributed by atoms with Crippen LogP contribution in [0.3, 0.4) is 0 Å². The van der Waals surface area contributed by atoms with E-state index >= 15 is 0 Å². The topological polar surface area (TPSA) is 57.2 Å². The second-order valence-corrected chi connectivity index (χ2v) is 7.03. The third-order valence-electron chi connectivity index (χ3n) is 4.92. The van der Waals surface area contributed by atoms with Crippen molar-refractivity contribution < 1.29 is 24.1 Å². The summed E-state index contributed by atoms with van der Waals surface area (Å²) in [4.78, 5) is 0. The highest BCUT2D eigenvalue weighted by Crippen LogP contribution is 2.35. The summed E-state index contributed by atoms with van der Waals surface area (Å²) in [7, 11) is 0. The number of phenols is 1. The van der Waals surface area contributed by atoms with E-state index < -0.39 is 0 Å². The Hall–Kier alpha value is -2.24. The number of rotatable bonds is 5. The average molecular weight is 370 g/mol. The van der Waals surface area contributed by atoms with Gasteiger partial charge < -0.3 is 24.1 Å². The molecule has 4 rings (SSSR count). The Morgan fingerprint density at radius 1 is 0.778 bits per heavy atom. The molecule has 27 heavy (non-hydrogen) atoms. The molecule has 2 saturated heterocycles. The van der Waals surface area contributed by atoms with Crippen LogP contribution in [0.4, 0.5) is 0 Å². The van der Waals surface area contributed by atoms with Crippen LogP contribution in [0.2, 0.25) is 0 Å². The molecule has 2 fully saturated rings. The maximum absolute atomic E-state index is 10.4. The first-order valence-corrected chi connectivity index (χ1v) is 9.78. The minimum atomic E-state index is -0.214. The molecular weight excluding hydrogens is 344 g/mol. The predicted molar refractivity (Wildman–Crippen MR) is 102 cm³/mol. The quantitative estimate of drug-likeness (QED) is 0.814. The number of hydrogen-bond acceptors (Lipinski definition) is 5. The molecule has 5 heteroatoms. The van der Waals surface area contributed by atoms with E-state index in [9.17, 15) is 5.11 Å². The highest BCUT2D eigenvalue weighted by Gasteiger charge is 2.18. The van der Waals surface area contributed by atoms with Crippen molar-refractivity contribution in [3.8, 4) is 28.4 Å². The van der Waals surface area contributed by atoms with Crippen LogP contribution in [0, 0.1) is 0 Å². The Morgan fingerprint density at radius 3 is 2.07 bits per heavy atom. The van der Waals surface area contributed by atoms with Gasteiger partial charge in [0.15, 0.2) is 12.6 Å². The molecule has 5 nitrogen and oxygen atoms in total. The summed E-state index contributed by atoms with van der Waals surface area (Å²) in [5.74, 6) is 1.63. The zero-order valence-electron chi connectivity index (χ0n) is 15.4. The van der Waals surface area contributed by atoms with Gasteiger partial charge in [-0.3, -0.25) is 0 Å². The Morgan fingerprint density at radius 2 is 1.44 bits per heavy atom. The number of benzene rings is 2. The van der Waals surface area contributed by atoms with E-state index in [1.54, 1.807) is 12.1 Å². The molecule has 2 atom stereocenters. The van der Waals surface area contributed by atoms with Gasteiger partial charge in [-0.1, -0.05) is 12.1 Å². The second kappa shape index (κ2) is 8.63. The van der Waals surface area contributed by atoms with Crippen molar-refractivity contribution >= 4 is 0 Å². The molecule has 144 valence electrons. The van der Waals surface area contributed by atoms with Crippen LogP contribution >= 0.6 is 0 Å². The van der Waals surface area contributed by atoms with Crippen LogP contribution < -0.4 is 9.47 Å². The minimum absolute atomic E-state index is 0.194. The van der Waals surface area contributed by atoms with Crippen molar-refractivity contribution in [1.82, 2.24) is 0 Å². The van der Waals surface area contributed by atoms with Crippen LogP contribution in [0.5, 0.6) is 17.2 Å². The van der Waals surface area contributed by atoms with Crippen molar-refractivity contribution in [2.24, 2.45) is 0 Å². The van der Waals surface area contributed by atoms with E-state index in [2.05, 4.69) is 0 Å². The monoisotopic (exact) mass is 370 g/mol. The lowest BCUT2D eigenvalue weighted by molar-refractivity contribution is -0.106. The SMILES string of the molecule is Oc1ccc(OC2CCCCO2)cc1-c1cccc(OC2CCCCO2)c1. The minimum Gasteiger partial charge on any atom is -0.507 e. The van der Waals surface area contributed by atoms with Crippen LogP contribution in [-0.2, 0) is 9.47 Å². The summed E-state index contributed by atoms with van der Waals surface area (Å²) in [5, 5.41) is 10.4. The largest absolute Gasteiger partial charge is 0.507 e. The van der Waals surface area contributed by atoms with Gasteiger partial charge in [0.2, 0.25) is 0 Å². The van der Waals surface area contributed by atoms with Crippen LogP contribution in [0.1, 0.15) is 38.5 Å². The molecule has 0 saturated carbocycles. The molecule has 0 radical (unpaired) electrons. The molecular formula is C22H26O5. The molecule has 2 aliphatic rings. The predicted octanol–water partition coefficient (Wildman–Crippen LogP) is 4.87. The molecule has 2 aromatic carbocycles. The average Bonchev–Trinajstić information content (AvgIpc) is 2.71. The van der Waals surface area contributed by atoms with Gasteiger partial charge >= 0.3 is 0 Å². The summed E-state index contributed by atoms with van der Waals surface area (Å²) in [6, 6.07) is 13.0. The zero-order valence-corrected chi connectivity index (χ0v) is 15.4. The van der Waals surface area contributed by atoms with Gasteiger partial charge in [0.05, 0.1) is 13.2 Å². The van der Waals surface area contributed by atoms with Crippen LogP contribution in [0.25, 0.3) is 11.1 Å². The first-order valence-electron chi connectivity index (χ1n) is 9.78. The lowest BCUT2D eigenvalue weighted by Gasteiger charge is -2.24. The lowest BCUT2D eigenvalue weighted by atomic mass is 10.0. The maximum Gasteiger partial charge on any atom is 0.199 e. The van der Waals surface area contributed by atoms with Gasteiger partial charge in [-0.25, -0.2) is 0 Å². The van der Waals surface area contributed by atoms with Crippen LogP contribution in [-0.4, -0.2) is 30.9 Å². The van der Waals surface area contributed by atoms with Crippen molar-refractivity contribution in [2.45, 2.75) is 51.1 Å². The summed E-state index contributed by atoms with van der Waals surface area (Å²) >= 11 is 0. The fraction of sp³-hybridized carbons (Fsp3) is 0.455. The molecule has 2 unspecified atom stereocenters. The van der Waals surface area contributed by atoms with Gasteiger partial charge in [0.25, 0.3) is 0 Å². The van der Waals surface area contributed by atoms with E-state index in [1.807, 2.05) is 30.3 Å². The first kappa shape index (κ1) is 18.1. The number of aromatic hydroxyl groups is 1. The number of hydrogen-bond donors (Lipinski definition) is 1. The van der Waals surface area contributed by atoms with E-state index in [0.717, 1.165) is 63.1 Å². The molecule has 2 aliphatic heterocycles. The Labute approximate surface area is 159 Å². The van der Waals surface area contributed by atoms with Crippen molar-refractivity contribution in [2.75, 3.05) is 13.2 Å². The second-order valence-electron chi connectivity index (χ2n) is 7.03. The highest BCUT2D eigenvalue weighted by molar-refractivity contribution is 5.72. The fourth-order valence-corrected chi connectivity index (χ4v) is 3.47. The van der Waals surface area contributed by atoms with Gasteiger partial charge in [0, 0.05) is 18.4 Å². The normalized spacial score (nSPS) is 23.0. The molecule has 0 aliphatic carbocycles. The van der Waals surface area contributed by atoms with E-state index in [4.69, 9.17) is 18.9 Å². The standard InChI is InChI=1S/C22H26O5/c23-20-11-10-18(27-22-9-2-4-13-25-22)15-19(20)16-6-5-7-17(14-16)26-21-8-1-3-12-24-21/h5-7,10-11,14-15,21-23H,1-4,8-9,12-13H2. The highest BCUT2D eigenvalue weighted by atomic mass is 16.7. The van der Waals surface area contributed by atoms with Gasteiger partial charge in [-0.15, -0.1) is 0 Å². The Kier molecular flexibility index (Phi) is 5.80. The van der Waals surface area contributed by atoms with Gasteiger partial charge in [-0.2, -0.15) is 0 Å². The molecule has 2 aromatic rings. The lowest BCUT2D eigenvalue weighted by Crippen LogP contribution is -2.25. The van der Waals surface area contributed by atoms with E-state index in [0.29, 0.717) is 11.3 Å². The Balaban J connectivity index is 1.51. The molecule has 0 spiro atoms. The fourth-order valence-electron chi connectivity index (χ4n) is 3.47. The third-order valence-corrected chi connectivity index (χ3v) is 4.92. The van der Waals surface area contributed by atoms with Crippen molar-refractivity contribution in [1.29, 1.82) is 0 Å². The van der Waals surface area contributed by atoms with E-state index in [-0.39, 0.29) is 18.3 Å². The van der Waals surface area contributed by atoms with Crippen molar-refractivity contribution in [3.05, 3.63) is 42.5 Å². The maximum atomic E-state index is 10.4. The summed E-state index contributed by atoms with van der Waals surface area (Å²) in [5.41, 5.74) is 1.58.